The van der Waals surface area contributed by atoms with Crippen molar-refractivity contribution >= 4 is 28.9 Å². The second-order valence-electron chi connectivity index (χ2n) is 3.83. The minimum absolute atomic E-state index is 0. The number of hydrogen-bond acceptors (Lipinski definition) is 2. The van der Waals surface area contributed by atoms with Gasteiger partial charge in [-0.2, -0.15) is 0 Å². The second kappa shape index (κ2) is 5.83. The van der Waals surface area contributed by atoms with E-state index in [1.807, 2.05) is 24.3 Å². The third kappa shape index (κ3) is 3.20. The number of para-hydroxylation sites is 1. The van der Waals surface area contributed by atoms with Crippen molar-refractivity contribution in [2.75, 3.05) is 0 Å². The van der Waals surface area contributed by atoms with Crippen molar-refractivity contribution < 1.29 is 20.2 Å². The smallest absolute Gasteiger partial charge is 0.352 e. The van der Waals surface area contributed by atoms with Crippen molar-refractivity contribution in [2.45, 2.75) is 6.92 Å². The number of rotatable bonds is 3. The molecule has 1 aromatic heterocycles. The highest BCUT2D eigenvalue weighted by Gasteiger charge is 2.10. The molecule has 1 heterocycles. The van der Waals surface area contributed by atoms with Gasteiger partial charge in [0, 0.05) is 29.6 Å². The lowest BCUT2D eigenvalue weighted by Gasteiger charge is -2.02. The quantitative estimate of drug-likeness (QED) is 0.714. The Balaban J connectivity index is 0.00000180. The summed E-state index contributed by atoms with van der Waals surface area (Å²) in [4.78, 5) is 25.0. The van der Waals surface area contributed by atoms with Crippen LogP contribution < -0.4 is 5.32 Å². The molecule has 0 fully saturated rings. The molecule has 1 aromatic carbocycles. The van der Waals surface area contributed by atoms with Crippen LogP contribution in [0.3, 0.4) is 0 Å². The molecule has 5 N–H and O–H groups in total. The van der Waals surface area contributed by atoms with Crippen LogP contribution in [0.1, 0.15) is 12.5 Å². The van der Waals surface area contributed by atoms with Crippen LogP contribution in [0.25, 0.3) is 17.0 Å². The van der Waals surface area contributed by atoms with Crippen LogP contribution in [0, 0.1) is 0 Å². The van der Waals surface area contributed by atoms with Gasteiger partial charge in [0.05, 0.1) is 0 Å². The summed E-state index contributed by atoms with van der Waals surface area (Å²) in [6.07, 6.45) is 3.14. The van der Waals surface area contributed by atoms with Gasteiger partial charge in [-0.1, -0.05) is 18.2 Å². The minimum atomic E-state index is -1.17. The molecule has 6 nitrogen and oxygen atoms in total. The monoisotopic (exact) mass is 262 g/mol. The lowest BCUT2D eigenvalue weighted by atomic mass is 10.1. The van der Waals surface area contributed by atoms with Gasteiger partial charge in [-0.25, -0.2) is 4.79 Å². The van der Waals surface area contributed by atoms with Gasteiger partial charge in [0.1, 0.15) is 5.70 Å². The van der Waals surface area contributed by atoms with E-state index in [0.29, 0.717) is 0 Å². The number of hydrogen-bond donors (Lipinski definition) is 3. The molecular weight excluding hydrogens is 248 g/mol. The largest absolute Gasteiger partial charge is 0.477 e. The van der Waals surface area contributed by atoms with E-state index in [0.717, 1.165) is 16.5 Å². The van der Waals surface area contributed by atoms with Crippen LogP contribution in [0.4, 0.5) is 0 Å². The molecule has 6 heteroatoms. The molecule has 0 unspecified atom stereocenters. The van der Waals surface area contributed by atoms with Crippen molar-refractivity contribution in [2.24, 2.45) is 0 Å². The summed E-state index contributed by atoms with van der Waals surface area (Å²) in [5.74, 6) is -1.58. The van der Waals surface area contributed by atoms with Gasteiger partial charge in [-0.05, 0) is 12.1 Å². The summed E-state index contributed by atoms with van der Waals surface area (Å²) in [5.41, 5.74) is 1.49. The molecule has 19 heavy (non-hydrogen) atoms. The molecule has 0 atom stereocenters. The number of H-pyrrole nitrogens is 1. The van der Waals surface area contributed by atoms with Crippen molar-refractivity contribution in [3.8, 4) is 0 Å². The number of aromatic nitrogens is 1. The summed E-state index contributed by atoms with van der Waals surface area (Å²) in [6.45, 7) is 1.27. The fourth-order valence-electron chi connectivity index (χ4n) is 1.71. The average molecular weight is 262 g/mol. The molecule has 1 amide bonds. The Morgan fingerprint density at radius 1 is 1.32 bits per heavy atom. The second-order valence-corrected chi connectivity index (χ2v) is 3.83. The molecule has 0 aliphatic heterocycles. The van der Waals surface area contributed by atoms with Gasteiger partial charge in [-0.3, -0.25) is 4.79 Å². The van der Waals surface area contributed by atoms with Crippen LogP contribution in [0.2, 0.25) is 0 Å². The minimum Gasteiger partial charge on any atom is -0.477 e. The summed E-state index contributed by atoms with van der Waals surface area (Å²) in [5, 5.41) is 12.2. The SMILES string of the molecule is CC(=O)N/C(=C\c1c[nH]c2ccccc12)C(=O)O.O. The van der Waals surface area contributed by atoms with E-state index < -0.39 is 11.9 Å². The highest BCUT2D eigenvalue weighted by molar-refractivity contribution is 5.99. The number of benzene rings is 1. The fourth-order valence-corrected chi connectivity index (χ4v) is 1.71. The zero-order chi connectivity index (χ0) is 13.1. The molecule has 100 valence electrons. The lowest BCUT2D eigenvalue weighted by Crippen LogP contribution is -2.24. The molecule has 2 rings (SSSR count). The standard InChI is InChI=1S/C13H12N2O3.H2O/c1-8(16)15-12(13(17)18)6-9-7-14-11-5-3-2-4-10(9)11;/h2-7,14H,1H3,(H,15,16)(H,17,18);1H2/b12-6-;. The van der Waals surface area contributed by atoms with Gasteiger partial charge in [-0.15, -0.1) is 0 Å². The van der Waals surface area contributed by atoms with Crippen molar-refractivity contribution in [1.29, 1.82) is 0 Å². The molecule has 2 aromatic rings. The van der Waals surface area contributed by atoms with E-state index in [4.69, 9.17) is 5.11 Å². The number of fused-ring (bicyclic) bond motifs is 1. The molecule has 0 radical (unpaired) electrons. The third-order valence-electron chi connectivity index (χ3n) is 2.46. The maximum atomic E-state index is 11.0. The van der Waals surface area contributed by atoms with Gasteiger partial charge >= 0.3 is 5.97 Å². The van der Waals surface area contributed by atoms with Crippen molar-refractivity contribution in [1.82, 2.24) is 10.3 Å². The predicted molar refractivity (Wildman–Crippen MR) is 71.3 cm³/mol. The Bertz CT molecular complexity index is 643. The zero-order valence-corrected chi connectivity index (χ0v) is 10.2. The van der Waals surface area contributed by atoms with Gasteiger partial charge in [0.15, 0.2) is 0 Å². The van der Waals surface area contributed by atoms with Crippen LogP contribution in [0.15, 0.2) is 36.2 Å². The third-order valence-corrected chi connectivity index (χ3v) is 2.46. The summed E-state index contributed by atoms with van der Waals surface area (Å²) < 4.78 is 0. The van der Waals surface area contributed by atoms with Crippen molar-refractivity contribution in [3.05, 3.63) is 41.7 Å². The van der Waals surface area contributed by atoms with Gasteiger partial charge in [0.25, 0.3) is 0 Å². The normalized spacial score (nSPS) is 10.9. The van der Waals surface area contributed by atoms with Crippen LogP contribution >= 0.6 is 0 Å². The maximum Gasteiger partial charge on any atom is 0.352 e. The number of aromatic amines is 1. The topological polar surface area (TPSA) is 114 Å². The Hall–Kier alpha value is -2.60. The number of carbonyl (C=O) groups is 2. The lowest BCUT2D eigenvalue weighted by molar-refractivity contribution is -0.134. The first-order chi connectivity index (χ1) is 8.58. The first kappa shape index (κ1) is 14.5. The molecule has 0 aliphatic rings. The Morgan fingerprint density at radius 2 is 2.00 bits per heavy atom. The molecule has 0 aliphatic carbocycles. The first-order valence-electron chi connectivity index (χ1n) is 5.36. The Morgan fingerprint density at radius 3 is 2.63 bits per heavy atom. The van der Waals surface area contributed by atoms with Crippen LogP contribution in [0.5, 0.6) is 0 Å². The van der Waals surface area contributed by atoms with Gasteiger partial charge in [0.2, 0.25) is 5.91 Å². The van der Waals surface area contributed by atoms with E-state index in [1.165, 1.54) is 13.0 Å². The molecular formula is C13H14N2O4. The summed E-state index contributed by atoms with van der Waals surface area (Å²) in [7, 11) is 0. The average Bonchev–Trinajstić information content (AvgIpc) is 2.71. The summed E-state index contributed by atoms with van der Waals surface area (Å²) in [6, 6.07) is 7.53. The predicted octanol–water partition coefficient (Wildman–Crippen LogP) is 0.905. The van der Waals surface area contributed by atoms with Crippen molar-refractivity contribution in [3.63, 3.8) is 0 Å². The fraction of sp³-hybridized carbons (Fsp3) is 0.0769. The van der Waals surface area contributed by atoms with E-state index in [2.05, 4.69) is 10.3 Å². The van der Waals surface area contributed by atoms with E-state index >= 15 is 0 Å². The zero-order valence-electron chi connectivity index (χ0n) is 10.2. The van der Waals surface area contributed by atoms with E-state index in [9.17, 15) is 9.59 Å². The number of carboxylic acids is 1. The number of carboxylic acid groups (broad SMARTS) is 1. The Labute approximate surface area is 109 Å². The van der Waals surface area contributed by atoms with E-state index in [1.54, 1.807) is 6.20 Å². The molecule has 0 spiro atoms. The van der Waals surface area contributed by atoms with Gasteiger partial charge < -0.3 is 20.9 Å². The highest BCUT2D eigenvalue weighted by Crippen LogP contribution is 2.19. The number of aliphatic carboxylic acids is 1. The summed E-state index contributed by atoms with van der Waals surface area (Å²) >= 11 is 0. The Kier molecular flexibility index (Phi) is 4.44. The number of amides is 1. The van der Waals surface area contributed by atoms with Crippen LogP contribution in [-0.2, 0) is 9.59 Å². The molecule has 0 saturated carbocycles. The molecule has 0 bridgehead atoms. The van der Waals surface area contributed by atoms with Crippen LogP contribution in [-0.4, -0.2) is 27.4 Å². The highest BCUT2D eigenvalue weighted by atomic mass is 16.4. The number of carbonyl (C=O) groups excluding carboxylic acids is 1. The molecule has 0 saturated heterocycles. The number of nitrogens with one attached hydrogen (secondary N) is 2. The maximum absolute atomic E-state index is 11.0. The van der Waals surface area contributed by atoms with E-state index in [-0.39, 0.29) is 11.2 Å². The first-order valence-corrected chi connectivity index (χ1v) is 5.36.